The number of rotatable bonds is 8. The number of guanidine groups is 1. The van der Waals surface area contributed by atoms with Crippen LogP contribution in [0.3, 0.4) is 0 Å². The van der Waals surface area contributed by atoms with Crippen molar-refractivity contribution in [2.75, 3.05) is 27.2 Å². The van der Waals surface area contributed by atoms with E-state index >= 15 is 0 Å². The van der Waals surface area contributed by atoms with Crippen molar-refractivity contribution < 1.29 is 0 Å². The van der Waals surface area contributed by atoms with E-state index in [9.17, 15) is 0 Å². The molecule has 0 saturated carbocycles. The monoisotopic (exact) mass is 359 g/mol. The van der Waals surface area contributed by atoms with Crippen LogP contribution in [0.2, 0.25) is 0 Å². The molecule has 0 fully saturated rings. The minimum atomic E-state index is 0.676. The van der Waals surface area contributed by atoms with Crippen molar-refractivity contribution >= 4 is 17.3 Å². The van der Waals surface area contributed by atoms with Crippen LogP contribution in [0.15, 0.2) is 35.5 Å². The Morgan fingerprint density at radius 1 is 1.20 bits per heavy atom. The first kappa shape index (κ1) is 19.4. The second-order valence-electron chi connectivity index (χ2n) is 6.24. The molecule has 0 aliphatic heterocycles. The van der Waals surface area contributed by atoms with Gasteiger partial charge in [0.05, 0.1) is 11.6 Å². The van der Waals surface area contributed by atoms with Crippen LogP contribution in [-0.2, 0) is 19.5 Å². The van der Waals surface area contributed by atoms with Gasteiger partial charge in [0.15, 0.2) is 5.96 Å². The third-order valence-corrected chi connectivity index (χ3v) is 4.63. The third kappa shape index (κ3) is 6.84. The van der Waals surface area contributed by atoms with Gasteiger partial charge in [-0.1, -0.05) is 24.3 Å². The number of thiazole rings is 1. The number of aliphatic imine (C=N–C) groups is 1. The summed E-state index contributed by atoms with van der Waals surface area (Å²) in [6.45, 7) is 7.46. The average Bonchev–Trinajstić information content (AvgIpc) is 2.98. The van der Waals surface area contributed by atoms with E-state index in [1.165, 1.54) is 16.0 Å². The lowest BCUT2D eigenvalue weighted by Crippen LogP contribution is -2.38. The van der Waals surface area contributed by atoms with Gasteiger partial charge in [-0.25, -0.2) is 9.98 Å². The lowest BCUT2D eigenvalue weighted by atomic mass is 10.1. The summed E-state index contributed by atoms with van der Waals surface area (Å²) in [5, 5.41) is 7.88. The van der Waals surface area contributed by atoms with E-state index in [4.69, 9.17) is 4.99 Å². The SMILES string of the molecule is CCNC(=NCc1ccccc1CN(C)C)NCCc1ncc(C)s1. The van der Waals surface area contributed by atoms with Crippen molar-refractivity contribution in [3.63, 3.8) is 0 Å². The molecule has 0 aliphatic rings. The van der Waals surface area contributed by atoms with E-state index in [0.717, 1.165) is 37.0 Å². The summed E-state index contributed by atoms with van der Waals surface area (Å²) < 4.78 is 0. The molecule has 0 atom stereocenters. The molecule has 2 N–H and O–H groups in total. The van der Waals surface area contributed by atoms with Crippen LogP contribution in [0.1, 0.15) is 27.9 Å². The van der Waals surface area contributed by atoms with Crippen LogP contribution < -0.4 is 10.6 Å². The molecule has 2 rings (SSSR count). The minimum Gasteiger partial charge on any atom is -0.357 e. The normalized spacial score (nSPS) is 11.8. The Labute approximate surface area is 155 Å². The second-order valence-corrected chi connectivity index (χ2v) is 7.56. The largest absolute Gasteiger partial charge is 0.357 e. The fourth-order valence-electron chi connectivity index (χ4n) is 2.52. The summed E-state index contributed by atoms with van der Waals surface area (Å²) in [6, 6.07) is 8.50. The third-order valence-electron chi connectivity index (χ3n) is 3.66. The fraction of sp³-hybridized carbons (Fsp3) is 0.474. The number of hydrogen-bond acceptors (Lipinski definition) is 4. The smallest absolute Gasteiger partial charge is 0.191 e. The summed E-state index contributed by atoms with van der Waals surface area (Å²) in [7, 11) is 4.18. The molecule has 0 spiro atoms. The van der Waals surface area contributed by atoms with Crippen molar-refractivity contribution in [2.24, 2.45) is 4.99 Å². The molecule has 5 nitrogen and oxygen atoms in total. The van der Waals surface area contributed by atoms with Crippen LogP contribution in [-0.4, -0.2) is 43.0 Å². The van der Waals surface area contributed by atoms with Gasteiger partial charge in [-0.15, -0.1) is 11.3 Å². The standard InChI is InChI=1S/C19H29N5S/c1-5-20-19(21-11-10-18-22-12-15(2)25-18)23-13-16-8-6-7-9-17(16)14-24(3)4/h6-9,12H,5,10-11,13-14H2,1-4H3,(H2,20,21,23). The van der Waals surface area contributed by atoms with Crippen molar-refractivity contribution in [1.82, 2.24) is 20.5 Å². The molecule has 0 amide bonds. The summed E-state index contributed by atoms with van der Waals surface area (Å²) in [5.41, 5.74) is 2.59. The van der Waals surface area contributed by atoms with E-state index in [-0.39, 0.29) is 0 Å². The zero-order valence-electron chi connectivity index (χ0n) is 15.7. The molecule has 0 unspecified atom stereocenters. The number of hydrogen-bond donors (Lipinski definition) is 2. The lowest BCUT2D eigenvalue weighted by molar-refractivity contribution is 0.401. The Balaban J connectivity index is 1.94. The maximum absolute atomic E-state index is 4.75. The fourth-order valence-corrected chi connectivity index (χ4v) is 3.30. The summed E-state index contributed by atoms with van der Waals surface area (Å²) >= 11 is 1.75. The van der Waals surface area contributed by atoms with Crippen LogP contribution in [0.25, 0.3) is 0 Å². The zero-order valence-corrected chi connectivity index (χ0v) is 16.5. The van der Waals surface area contributed by atoms with Gasteiger partial charge in [-0.2, -0.15) is 0 Å². The van der Waals surface area contributed by atoms with Crippen molar-refractivity contribution in [3.05, 3.63) is 51.5 Å². The highest BCUT2D eigenvalue weighted by Crippen LogP contribution is 2.12. The number of aryl methyl sites for hydroxylation is 1. The van der Waals surface area contributed by atoms with Gasteiger partial charge in [-0.05, 0) is 39.1 Å². The predicted octanol–water partition coefficient (Wildman–Crippen LogP) is 2.81. The second kappa shape index (κ2) is 10.2. The first-order valence-electron chi connectivity index (χ1n) is 8.73. The Hall–Kier alpha value is -1.92. The van der Waals surface area contributed by atoms with Crippen LogP contribution in [0, 0.1) is 6.92 Å². The van der Waals surface area contributed by atoms with E-state index < -0.39 is 0 Å². The van der Waals surface area contributed by atoms with Gasteiger partial charge in [0.2, 0.25) is 0 Å². The van der Waals surface area contributed by atoms with Gasteiger partial charge < -0.3 is 15.5 Å². The highest BCUT2D eigenvalue weighted by Gasteiger charge is 2.04. The molecule has 1 aromatic carbocycles. The van der Waals surface area contributed by atoms with Gasteiger partial charge in [0.1, 0.15) is 0 Å². The number of nitrogens with one attached hydrogen (secondary N) is 2. The highest BCUT2D eigenvalue weighted by atomic mass is 32.1. The molecule has 6 heteroatoms. The molecule has 2 aromatic rings. The average molecular weight is 360 g/mol. The summed E-state index contributed by atoms with van der Waals surface area (Å²) in [4.78, 5) is 12.6. The van der Waals surface area contributed by atoms with Crippen molar-refractivity contribution in [3.8, 4) is 0 Å². The molecule has 0 radical (unpaired) electrons. The first-order chi connectivity index (χ1) is 12.1. The van der Waals surface area contributed by atoms with Gasteiger partial charge in [0, 0.05) is 37.1 Å². The van der Waals surface area contributed by atoms with Gasteiger partial charge in [0.25, 0.3) is 0 Å². The van der Waals surface area contributed by atoms with E-state index in [2.05, 4.69) is 72.7 Å². The number of benzene rings is 1. The molecule has 0 bridgehead atoms. The summed E-state index contributed by atoms with van der Waals surface area (Å²) in [6.07, 6.45) is 2.85. The van der Waals surface area contributed by atoms with Crippen molar-refractivity contribution in [1.29, 1.82) is 0 Å². The zero-order chi connectivity index (χ0) is 18.1. The molecule has 1 heterocycles. The molecule has 25 heavy (non-hydrogen) atoms. The topological polar surface area (TPSA) is 52.6 Å². The van der Waals surface area contributed by atoms with E-state index in [1.807, 2.05) is 6.20 Å². The van der Waals surface area contributed by atoms with E-state index in [1.54, 1.807) is 11.3 Å². The maximum atomic E-state index is 4.75. The molecular weight excluding hydrogens is 330 g/mol. The van der Waals surface area contributed by atoms with Crippen LogP contribution >= 0.6 is 11.3 Å². The molecular formula is C19H29N5S. The van der Waals surface area contributed by atoms with Crippen LogP contribution in [0.4, 0.5) is 0 Å². The Morgan fingerprint density at radius 2 is 1.96 bits per heavy atom. The molecule has 0 aliphatic carbocycles. The highest BCUT2D eigenvalue weighted by molar-refractivity contribution is 7.11. The molecule has 1 aromatic heterocycles. The van der Waals surface area contributed by atoms with Crippen LogP contribution in [0.5, 0.6) is 0 Å². The van der Waals surface area contributed by atoms with Gasteiger partial charge in [-0.3, -0.25) is 0 Å². The van der Waals surface area contributed by atoms with Gasteiger partial charge >= 0.3 is 0 Å². The predicted molar refractivity (Wildman–Crippen MR) is 107 cm³/mol. The lowest BCUT2D eigenvalue weighted by Gasteiger charge is -2.14. The minimum absolute atomic E-state index is 0.676. The Kier molecular flexibility index (Phi) is 7.88. The first-order valence-corrected chi connectivity index (χ1v) is 9.55. The maximum Gasteiger partial charge on any atom is 0.191 e. The molecule has 0 saturated heterocycles. The number of nitrogens with zero attached hydrogens (tertiary/aromatic N) is 3. The van der Waals surface area contributed by atoms with E-state index in [0.29, 0.717) is 6.54 Å². The quantitative estimate of drug-likeness (QED) is 0.562. The summed E-state index contributed by atoms with van der Waals surface area (Å²) in [5.74, 6) is 0.857. The molecule has 136 valence electrons. The Bertz CT molecular complexity index is 678. The number of aromatic nitrogens is 1. The van der Waals surface area contributed by atoms with Crippen molar-refractivity contribution in [2.45, 2.75) is 33.4 Å². The Morgan fingerprint density at radius 3 is 2.60 bits per heavy atom.